The van der Waals surface area contributed by atoms with E-state index in [1.165, 1.54) is 37.0 Å². The minimum atomic E-state index is -0.278. The van der Waals surface area contributed by atoms with Crippen molar-refractivity contribution in [1.29, 1.82) is 0 Å². The van der Waals surface area contributed by atoms with Crippen molar-refractivity contribution in [2.45, 2.75) is 25.8 Å². The zero-order valence-corrected chi connectivity index (χ0v) is 20.8. The number of hydrogen-bond donors (Lipinski definition) is 2. The van der Waals surface area contributed by atoms with Gasteiger partial charge in [0.05, 0.1) is 22.2 Å². The average molecular weight is 504 g/mol. The summed E-state index contributed by atoms with van der Waals surface area (Å²) in [5.74, 6) is 0.330. The lowest BCUT2D eigenvalue weighted by atomic mass is 10.0. The Kier molecular flexibility index (Phi) is 5.66. The van der Waals surface area contributed by atoms with Gasteiger partial charge in [0.15, 0.2) is 11.5 Å². The van der Waals surface area contributed by atoms with Gasteiger partial charge in [-0.3, -0.25) is 15.0 Å². The molecule has 0 saturated carbocycles. The minimum Gasteiger partial charge on any atom is -0.336 e. The number of nitrogens with zero attached hydrogens (tertiary/aromatic N) is 5. The maximum atomic E-state index is 13.9. The van der Waals surface area contributed by atoms with Crippen molar-refractivity contribution in [2.24, 2.45) is 0 Å². The molecule has 0 aliphatic carbocycles. The van der Waals surface area contributed by atoms with E-state index in [0.29, 0.717) is 11.5 Å². The lowest BCUT2D eigenvalue weighted by Gasteiger charge is -2.26. The second-order valence-corrected chi connectivity index (χ2v) is 9.88. The Morgan fingerprint density at radius 3 is 2.61 bits per heavy atom. The summed E-state index contributed by atoms with van der Waals surface area (Å²) in [5.41, 5.74) is 8.45. The van der Waals surface area contributed by atoms with Gasteiger partial charge in [-0.2, -0.15) is 5.10 Å². The summed E-state index contributed by atoms with van der Waals surface area (Å²) in [6.07, 6.45) is 7.66. The highest BCUT2D eigenvalue weighted by molar-refractivity contribution is 5.96. The first kappa shape index (κ1) is 22.7. The van der Waals surface area contributed by atoms with Crippen LogP contribution in [0.25, 0.3) is 56.0 Å². The van der Waals surface area contributed by atoms with Gasteiger partial charge in [0.1, 0.15) is 11.3 Å². The molecule has 0 atom stereocenters. The largest absolute Gasteiger partial charge is 0.336 e. The molecule has 7 rings (SSSR count). The standard InChI is InChI=1S/C30H26FN7/c31-22-7-4-6-20(15-22)23-8-5-9-25-27(23)35-30(34-25)29-28-26(36-37-29)11-10-24(33-28)21-14-19(16-32-17-21)18-38-12-2-1-3-13-38/h4-11,14-17H,1-3,12-13,18H2,(H,34,35)(H,36,37). The molecule has 1 aliphatic heterocycles. The van der Waals surface area contributed by atoms with E-state index in [1.54, 1.807) is 6.07 Å². The molecule has 2 N–H and O–H groups in total. The van der Waals surface area contributed by atoms with Crippen LogP contribution >= 0.6 is 0 Å². The fourth-order valence-corrected chi connectivity index (χ4v) is 5.35. The van der Waals surface area contributed by atoms with E-state index in [-0.39, 0.29) is 5.82 Å². The van der Waals surface area contributed by atoms with Gasteiger partial charge in [0.25, 0.3) is 0 Å². The Balaban J connectivity index is 1.26. The molecule has 38 heavy (non-hydrogen) atoms. The zero-order valence-electron chi connectivity index (χ0n) is 20.8. The normalized spacial score (nSPS) is 14.4. The number of likely N-dealkylation sites (tertiary alicyclic amines) is 1. The van der Waals surface area contributed by atoms with Crippen molar-refractivity contribution in [3.8, 4) is 33.9 Å². The molecule has 1 saturated heterocycles. The van der Waals surface area contributed by atoms with Crippen molar-refractivity contribution in [2.75, 3.05) is 13.1 Å². The smallest absolute Gasteiger partial charge is 0.161 e. The van der Waals surface area contributed by atoms with Crippen molar-refractivity contribution in [1.82, 2.24) is 35.0 Å². The lowest BCUT2D eigenvalue weighted by molar-refractivity contribution is 0.220. The number of H-pyrrole nitrogens is 2. The van der Waals surface area contributed by atoms with Gasteiger partial charge in [0.2, 0.25) is 0 Å². The summed E-state index contributed by atoms with van der Waals surface area (Å²) in [7, 11) is 0. The van der Waals surface area contributed by atoms with Crippen molar-refractivity contribution in [3.63, 3.8) is 0 Å². The number of imidazole rings is 1. The number of benzene rings is 2. The first-order valence-electron chi connectivity index (χ1n) is 13.0. The number of aromatic nitrogens is 6. The van der Waals surface area contributed by atoms with Crippen molar-refractivity contribution >= 4 is 22.1 Å². The third-order valence-electron chi connectivity index (χ3n) is 7.23. The summed E-state index contributed by atoms with van der Waals surface area (Å²) in [6, 6.07) is 18.6. The molecule has 5 heterocycles. The van der Waals surface area contributed by atoms with Gasteiger partial charge in [-0.1, -0.05) is 30.7 Å². The maximum absolute atomic E-state index is 13.9. The Hall–Kier alpha value is -4.43. The predicted octanol–water partition coefficient (Wildman–Crippen LogP) is 6.36. The summed E-state index contributed by atoms with van der Waals surface area (Å²) in [4.78, 5) is 20.2. The second kappa shape index (κ2) is 9.46. The summed E-state index contributed by atoms with van der Waals surface area (Å²) in [5, 5.41) is 7.63. The monoisotopic (exact) mass is 503 g/mol. The van der Waals surface area contributed by atoms with E-state index in [2.05, 4.69) is 31.1 Å². The number of pyridine rings is 2. The third kappa shape index (κ3) is 4.22. The molecule has 0 amide bonds. The van der Waals surface area contributed by atoms with Gasteiger partial charge in [-0.15, -0.1) is 0 Å². The summed E-state index contributed by atoms with van der Waals surface area (Å²) < 4.78 is 13.9. The van der Waals surface area contributed by atoms with Gasteiger partial charge < -0.3 is 4.98 Å². The van der Waals surface area contributed by atoms with Crippen LogP contribution < -0.4 is 0 Å². The zero-order chi connectivity index (χ0) is 25.5. The maximum Gasteiger partial charge on any atom is 0.161 e. The highest BCUT2D eigenvalue weighted by Crippen LogP contribution is 2.32. The van der Waals surface area contributed by atoms with Gasteiger partial charge in [-0.05, 0) is 73.5 Å². The highest BCUT2D eigenvalue weighted by atomic mass is 19.1. The second-order valence-electron chi connectivity index (χ2n) is 9.88. The fourth-order valence-electron chi connectivity index (χ4n) is 5.35. The molecule has 0 spiro atoms. The van der Waals surface area contributed by atoms with Crippen LogP contribution in [0.1, 0.15) is 24.8 Å². The molecule has 0 bridgehead atoms. The van der Waals surface area contributed by atoms with Crippen molar-refractivity contribution < 1.29 is 4.39 Å². The number of rotatable bonds is 5. The fraction of sp³-hybridized carbons (Fsp3) is 0.200. The first-order chi connectivity index (χ1) is 18.7. The molecule has 2 aromatic carbocycles. The predicted molar refractivity (Wildman–Crippen MR) is 147 cm³/mol. The summed E-state index contributed by atoms with van der Waals surface area (Å²) >= 11 is 0. The lowest BCUT2D eigenvalue weighted by Crippen LogP contribution is -2.29. The molecule has 0 radical (unpaired) electrons. The highest BCUT2D eigenvalue weighted by Gasteiger charge is 2.17. The van der Waals surface area contributed by atoms with Crippen LogP contribution in [-0.4, -0.2) is 48.1 Å². The van der Waals surface area contributed by atoms with Gasteiger partial charge in [0, 0.05) is 30.1 Å². The number of para-hydroxylation sites is 1. The first-order valence-corrected chi connectivity index (χ1v) is 13.0. The van der Waals surface area contributed by atoms with Crippen LogP contribution in [0, 0.1) is 5.82 Å². The Bertz CT molecular complexity index is 1760. The van der Waals surface area contributed by atoms with E-state index >= 15 is 0 Å². The van der Waals surface area contributed by atoms with E-state index in [9.17, 15) is 4.39 Å². The molecule has 8 heteroatoms. The SMILES string of the molecule is Fc1cccc(-c2cccc3[nH]c(-c4n[nH]c5ccc(-c6cncc(CN7CCCCC7)c6)nc45)nc23)c1. The summed E-state index contributed by atoms with van der Waals surface area (Å²) in [6.45, 7) is 3.20. The number of fused-ring (bicyclic) bond motifs is 2. The van der Waals surface area contributed by atoms with Crippen LogP contribution in [0.3, 0.4) is 0 Å². The number of aromatic amines is 2. The molecule has 1 fully saturated rings. The van der Waals surface area contributed by atoms with Gasteiger partial charge >= 0.3 is 0 Å². The van der Waals surface area contributed by atoms with Crippen LogP contribution in [0.5, 0.6) is 0 Å². The van der Waals surface area contributed by atoms with E-state index in [1.807, 2.05) is 48.8 Å². The number of halogens is 1. The number of hydrogen-bond acceptors (Lipinski definition) is 5. The van der Waals surface area contributed by atoms with Crippen LogP contribution in [0.4, 0.5) is 4.39 Å². The number of nitrogens with one attached hydrogen (secondary N) is 2. The van der Waals surface area contributed by atoms with Crippen molar-refractivity contribution in [3.05, 3.63) is 84.4 Å². The van der Waals surface area contributed by atoms with Crippen LogP contribution in [-0.2, 0) is 6.54 Å². The molecule has 6 aromatic rings. The Morgan fingerprint density at radius 2 is 1.71 bits per heavy atom. The van der Waals surface area contributed by atoms with Crippen LogP contribution in [0.2, 0.25) is 0 Å². The molecular weight excluding hydrogens is 477 g/mol. The Morgan fingerprint density at radius 1 is 0.816 bits per heavy atom. The minimum absolute atomic E-state index is 0.278. The Labute approximate surface area is 218 Å². The molecule has 0 unspecified atom stereocenters. The van der Waals surface area contributed by atoms with E-state index < -0.39 is 0 Å². The van der Waals surface area contributed by atoms with Gasteiger partial charge in [-0.25, -0.2) is 14.4 Å². The molecule has 188 valence electrons. The third-order valence-corrected chi connectivity index (χ3v) is 7.23. The topological polar surface area (TPSA) is 86.4 Å². The average Bonchev–Trinajstić information content (AvgIpc) is 3.57. The molecule has 7 nitrogen and oxygen atoms in total. The molecule has 4 aromatic heterocycles. The van der Waals surface area contributed by atoms with E-state index in [4.69, 9.17) is 9.97 Å². The molecule has 1 aliphatic rings. The number of piperidine rings is 1. The molecular formula is C30H26FN7. The quantitative estimate of drug-likeness (QED) is 0.286. The van der Waals surface area contributed by atoms with Crippen LogP contribution in [0.15, 0.2) is 73.1 Å². The van der Waals surface area contributed by atoms with E-state index in [0.717, 1.165) is 64.1 Å².